The van der Waals surface area contributed by atoms with Crippen molar-refractivity contribution in [2.75, 3.05) is 6.54 Å². The number of nitrogens with one attached hydrogen (secondary N) is 1. The van der Waals surface area contributed by atoms with E-state index in [1.165, 1.54) is 0 Å². The predicted octanol–water partition coefficient (Wildman–Crippen LogP) is 0.287. The molecule has 0 aromatic carbocycles. The molecule has 0 bridgehead atoms. The van der Waals surface area contributed by atoms with Gasteiger partial charge in [-0.3, -0.25) is 0 Å². The summed E-state index contributed by atoms with van der Waals surface area (Å²) in [4.78, 5) is 0. The van der Waals surface area contributed by atoms with Crippen LogP contribution in [-0.4, -0.2) is 23.6 Å². The summed E-state index contributed by atoms with van der Waals surface area (Å²) >= 11 is 0. The van der Waals surface area contributed by atoms with Gasteiger partial charge in [0.15, 0.2) is 5.84 Å². The van der Waals surface area contributed by atoms with E-state index in [0.29, 0.717) is 6.54 Å². The smallest absolute Gasteiger partial charge is 0.156 e. The molecule has 1 atom stereocenters. The van der Waals surface area contributed by atoms with Gasteiger partial charge in [0, 0.05) is 6.54 Å². The number of nitrogens with zero attached hydrogens (tertiary/aromatic N) is 1. The zero-order chi connectivity index (χ0) is 8.85. The maximum absolute atomic E-state index is 8.27. The normalized spacial score (nSPS) is 14.5. The number of oxime groups is 1. The van der Waals surface area contributed by atoms with Crippen LogP contribution in [0.1, 0.15) is 13.8 Å². The fourth-order valence-electron chi connectivity index (χ4n) is 0.518. The molecule has 0 saturated heterocycles. The van der Waals surface area contributed by atoms with Crippen LogP contribution in [0.5, 0.6) is 0 Å². The molecular formula is C7H15N3O. The Morgan fingerprint density at radius 1 is 1.82 bits per heavy atom. The van der Waals surface area contributed by atoms with E-state index in [-0.39, 0.29) is 11.9 Å². The lowest BCUT2D eigenvalue weighted by Gasteiger charge is -2.11. The predicted molar refractivity (Wildman–Crippen MR) is 45.7 cm³/mol. The molecule has 0 amide bonds. The van der Waals surface area contributed by atoms with Gasteiger partial charge in [-0.1, -0.05) is 17.3 Å². The van der Waals surface area contributed by atoms with E-state index in [2.05, 4.69) is 17.1 Å². The molecule has 0 aromatic rings. The molecule has 0 fully saturated rings. The molecule has 1 unspecified atom stereocenters. The second-order valence-electron chi connectivity index (χ2n) is 2.58. The lowest BCUT2D eigenvalue weighted by molar-refractivity contribution is 0.315. The van der Waals surface area contributed by atoms with Gasteiger partial charge in [0.2, 0.25) is 0 Å². The summed E-state index contributed by atoms with van der Waals surface area (Å²) in [5.41, 5.74) is 6.33. The Bertz CT molecular complexity index is 165. The molecule has 4 heteroatoms. The summed E-state index contributed by atoms with van der Waals surface area (Å²) in [7, 11) is 0. The quantitative estimate of drug-likeness (QED) is 0.180. The van der Waals surface area contributed by atoms with Gasteiger partial charge in [0.25, 0.3) is 0 Å². The van der Waals surface area contributed by atoms with Crippen LogP contribution in [0.25, 0.3) is 0 Å². The molecular weight excluding hydrogens is 142 g/mol. The van der Waals surface area contributed by atoms with E-state index in [1.807, 2.05) is 13.8 Å². The minimum absolute atomic E-state index is 0.114. The molecule has 0 aromatic heterocycles. The van der Waals surface area contributed by atoms with Gasteiger partial charge < -0.3 is 16.3 Å². The highest BCUT2D eigenvalue weighted by Crippen LogP contribution is 1.86. The van der Waals surface area contributed by atoms with E-state index in [1.54, 1.807) is 0 Å². The van der Waals surface area contributed by atoms with Crippen molar-refractivity contribution in [3.05, 3.63) is 12.2 Å². The van der Waals surface area contributed by atoms with Crippen molar-refractivity contribution in [1.29, 1.82) is 0 Å². The summed E-state index contributed by atoms with van der Waals surface area (Å²) in [5, 5.41) is 14.2. The molecule has 0 aliphatic rings. The average molecular weight is 157 g/mol. The standard InChI is InChI=1S/C7H15N3O/c1-5(2)4-9-6(3)7(8)10-11/h6,9,11H,1,4H2,2-3H3,(H2,8,10). The monoisotopic (exact) mass is 157 g/mol. The van der Waals surface area contributed by atoms with E-state index in [9.17, 15) is 0 Å². The van der Waals surface area contributed by atoms with Crippen LogP contribution in [0.4, 0.5) is 0 Å². The van der Waals surface area contributed by atoms with Crippen LogP contribution in [0, 0.1) is 0 Å². The minimum atomic E-state index is -0.114. The second-order valence-corrected chi connectivity index (χ2v) is 2.58. The third kappa shape index (κ3) is 4.38. The van der Waals surface area contributed by atoms with E-state index >= 15 is 0 Å². The molecule has 0 saturated carbocycles. The average Bonchev–Trinajstić information content (AvgIpc) is 1.98. The maximum atomic E-state index is 8.27. The zero-order valence-corrected chi connectivity index (χ0v) is 6.96. The van der Waals surface area contributed by atoms with Gasteiger partial charge in [-0.25, -0.2) is 0 Å². The number of amidine groups is 1. The summed E-state index contributed by atoms with van der Waals surface area (Å²) in [6.45, 7) is 8.11. The SMILES string of the molecule is C=C(C)CNC(C)C(N)=NO. The van der Waals surface area contributed by atoms with Crippen molar-refractivity contribution < 1.29 is 5.21 Å². The highest BCUT2D eigenvalue weighted by atomic mass is 16.4. The van der Waals surface area contributed by atoms with Crippen molar-refractivity contribution >= 4 is 5.84 Å². The summed E-state index contributed by atoms with van der Waals surface area (Å²) < 4.78 is 0. The Kier molecular flexibility index (Phi) is 4.29. The van der Waals surface area contributed by atoms with Crippen molar-refractivity contribution in [3.63, 3.8) is 0 Å². The van der Waals surface area contributed by atoms with Gasteiger partial charge in [0.1, 0.15) is 0 Å². The van der Waals surface area contributed by atoms with Crippen molar-refractivity contribution in [2.24, 2.45) is 10.9 Å². The fourth-order valence-corrected chi connectivity index (χ4v) is 0.518. The Morgan fingerprint density at radius 2 is 2.36 bits per heavy atom. The van der Waals surface area contributed by atoms with Crippen LogP contribution < -0.4 is 11.1 Å². The number of hydrogen-bond acceptors (Lipinski definition) is 3. The molecule has 4 nitrogen and oxygen atoms in total. The Balaban J connectivity index is 3.69. The topological polar surface area (TPSA) is 70.6 Å². The first-order chi connectivity index (χ1) is 5.07. The maximum Gasteiger partial charge on any atom is 0.156 e. The fraction of sp³-hybridized carbons (Fsp3) is 0.571. The lowest BCUT2D eigenvalue weighted by Crippen LogP contribution is -2.39. The molecule has 0 aliphatic heterocycles. The Morgan fingerprint density at radius 3 is 2.73 bits per heavy atom. The molecule has 0 rings (SSSR count). The van der Waals surface area contributed by atoms with E-state index < -0.39 is 0 Å². The van der Waals surface area contributed by atoms with Crippen LogP contribution in [0.2, 0.25) is 0 Å². The van der Waals surface area contributed by atoms with Crippen LogP contribution in [0.15, 0.2) is 17.3 Å². The third-order valence-corrected chi connectivity index (χ3v) is 1.27. The second kappa shape index (κ2) is 4.73. The number of nitrogens with two attached hydrogens (primary N) is 1. The highest BCUT2D eigenvalue weighted by Gasteiger charge is 2.04. The van der Waals surface area contributed by atoms with Crippen LogP contribution in [-0.2, 0) is 0 Å². The summed E-state index contributed by atoms with van der Waals surface area (Å²) in [6, 6.07) is -0.114. The van der Waals surface area contributed by atoms with Crippen LogP contribution >= 0.6 is 0 Å². The van der Waals surface area contributed by atoms with Crippen LogP contribution in [0.3, 0.4) is 0 Å². The first-order valence-corrected chi connectivity index (χ1v) is 3.43. The summed E-state index contributed by atoms with van der Waals surface area (Å²) in [6.07, 6.45) is 0. The van der Waals surface area contributed by atoms with Crippen molar-refractivity contribution in [2.45, 2.75) is 19.9 Å². The molecule has 0 radical (unpaired) electrons. The minimum Gasteiger partial charge on any atom is -0.409 e. The zero-order valence-electron chi connectivity index (χ0n) is 6.96. The highest BCUT2D eigenvalue weighted by molar-refractivity contribution is 5.84. The van der Waals surface area contributed by atoms with Gasteiger partial charge in [-0.15, -0.1) is 0 Å². The third-order valence-electron chi connectivity index (χ3n) is 1.27. The molecule has 64 valence electrons. The first kappa shape index (κ1) is 9.97. The van der Waals surface area contributed by atoms with Gasteiger partial charge in [0.05, 0.1) is 6.04 Å². The number of rotatable bonds is 4. The number of hydrogen-bond donors (Lipinski definition) is 3. The van der Waals surface area contributed by atoms with Crippen molar-refractivity contribution in [1.82, 2.24) is 5.32 Å². The molecule has 11 heavy (non-hydrogen) atoms. The van der Waals surface area contributed by atoms with Gasteiger partial charge in [-0.05, 0) is 13.8 Å². The molecule has 0 heterocycles. The molecule has 4 N–H and O–H groups in total. The lowest BCUT2D eigenvalue weighted by atomic mass is 10.3. The van der Waals surface area contributed by atoms with E-state index in [0.717, 1.165) is 5.57 Å². The summed E-state index contributed by atoms with van der Waals surface area (Å²) in [5.74, 6) is 0.186. The van der Waals surface area contributed by atoms with Gasteiger partial charge in [-0.2, -0.15) is 0 Å². The Hall–Kier alpha value is -1.03. The largest absolute Gasteiger partial charge is 0.409 e. The molecule has 0 aliphatic carbocycles. The Labute approximate surface area is 66.8 Å². The van der Waals surface area contributed by atoms with Crippen molar-refractivity contribution in [3.8, 4) is 0 Å². The molecule has 0 spiro atoms. The first-order valence-electron chi connectivity index (χ1n) is 3.43. The van der Waals surface area contributed by atoms with Gasteiger partial charge >= 0.3 is 0 Å². The van der Waals surface area contributed by atoms with E-state index in [4.69, 9.17) is 10.9 Å².